The van der Waals surface area contributed by atoms with Gasteiger partial charge in [-0.1, -0.05) is 44.6 Å². The zero-order valence-corrected chi connectivity index (χ0v) is 66.1. The van der Waals surface area contributed by atoms with E-state index in [1.54, 1.807) is 33.9 Å². The molecular weight excluding hydrogens is 1570 g/mol. The second kappa shape index (κ2) is 62.3. The minimum Gasteiger partial charge on any atom is -0.481 e. The molecule has 1 aromatic carbocycles. The Hall–Kier alpha value is -6.52. The summed E-state index contributed by atoms with van der Waals surface area (Å²) in [6.45, 7) is 9.13. The molecule has 0 saturated heterocycles. The van der Waals surface area contributed by atoms with Crippen molar-refractivity contribution in [1.29, 1.82) is 0 Å². The fraction of sp³-hybridized carbons (Fsp3) is 0.647. The summed E-state index contributed by atoms with van der Waals surface area (Å²) in [5.74, 6) is -4.01. The van der Waals surface area contributed by atoms with Crippen molar-refractivity contribution >= 4 is 103 Å². The number of esters is 3. The van der Waals surface area contributed by atoms with E-state index in [9.17, 15) is 52.6 Å². The van der Waals surface area contributed by atoms with Crippen molar-refractivity contribution in [2.24, 2.45) is 7.05 Å². The summed E-state index contributed by atoms with van der Waals surface area (Å²) in [6, 6.07) is 10.5. The van der Waals surface area contributed by atoms with Gasteiger partial charge in [0.1, 0.15) is 62.3 Å². The number of carboxylic acids is 1. The molecule has 39 heteroatoms. The number of pyridine rings is 2. The summed E-state index contributed by atoms with van der Waals surface area (Å²) in [6.07, 6.45) is -0.849. The smallest absolute Gasteiger partial charge is 0.481 e. The van der Waals surface area contributed by atoms with Crippen LogP contribution in [0.25, 0.3) is 0 Å². The highest BCUT2D eigenvalue weighted by Gasteiger charge is 2.24. The number of rotatable bonds is 52. The van der Waals surface area contributed by atoms with Crippen LogP contribution in [-0.4, -0.2) is 257 Å². The van der Waals surface area contributed by atoms with E-state index in [0.717, 1.165) is 10.8 Å². The fourth-order valence-electron chi connectivity index (χ4n) is 7.85. The van der Waals surface area contributed by atoms with Crippen molar-refractivity contribution < 1.29 is 140 Å². The van der Waals surface area contributed by atoms with Crippen LogP contribution in [0.1, 0.15) is 121 Å². The summed E-state index contributed by atoms with van der Waals surface area (Å²) in [4.78, 5) is 116. The van der Waals surface area contributed by atoms with Crippen LogP contribution in [0.15, 0.2) is 58.5 Å². The third-order valence-electron chi connectivity index (χ3n) is 14.1. The maximum atomic E-state index is 14.5. The van der Waals surface area contributed by atoms with Crippen LogP contribution in [0.5, 0.6) is 0 Å². The zero-order chi connectivity index (χ0) is 80.5. The van der Waals surface area contributed by atoms with Crippen LogP contribution < -0.4 is 27.0 Å². The lowest BCUT2D eigenvalue weighted by molar-refractivity contribution is -0.194. The van der Waals surface area contributed by atoms with Gasteiger partial charge in [0, 0.05) is 88.8 Å². The van der Waals surface area contributed by atoms with Crippen molar-refractivity contribution in [2.45, 2.75) is 173 Å². The zero-order valence-electron chi connectivity index (χ0n) is 62.3. The number of benzene rings is 1. The number of aliphatic carboxylic acids is 1. The number of amides is 3. The van der Waals surface area contributed by atoms with E-state index in [1.165, 1.54) is 72.1 Å². The highest BCUT2D eigenvalue weighted by atomic mass is 127. The number of nitrogens with one attached hydrogen (secondary N) is 4. The summed E-state index contributed by atoms with van der Waals surface area (Å²) < 4.78 is 82.3. The van der Waals surface area contributed by atoms with Gasteiger partial charge in [0.25, 0.3) is 11.5 Å². The molecule has 2 heterocycles. The number of anilines is 2. The number of halogens is 2. The molecule has 0 fully saturated rings. The number of aryl methyl sites for hydroxylation is 1. The maximum Gasteiger partial charge on any atom is 0.508 e. The molecule has 3 amide bonds. The standard InChI is InChI=1S/C31H42FIN4O11.C18H28N2O7S2.C12H22O7.C7H16O4/c1-6-21(16-38)48-27(44-5)17-46-26(40)9-7-8-25(39)34-19(3)31(43)45-12-13-47-36-29(41)22-14-18(2)30(42)37(4)28(22)35-24-11-10-20(33)15-23(24)32;1-3-14(12-21)27-17(24-2)13-26-18(23)25-10-7-15(22)19-9-11-28-29-16-6-4-5-8-20-16;1-3-9(7-13)19-12(17-2)8-18-11(16)6-4-5-10(14)15;1-3-6(4-8)11-7(5-9)10-2/h10-11,14-15,19,21,27,35,38H,6-9,12-13,16-17H2,1-5H3,(H,34,39)(H,36,41);4-6,8,14,17,21H,3,7,9-13H2,1-2H3,(H,19,22);9,12-13H,3-8H2,1-2H3,(H,14,15);6-9H,3-5H2,1-2H3/t19-,21?,27?;;;/m0.../s1. The molecule has 0 spiro atoms. The van der Waals surface area contributed by atoms with Gasteiger partial charge in [0.05, 0.1) is 75.1 Å². The van der Waals surface area contributed by atoms with Gasteiger partial charge >= 0.3 is 30.0 Å². The fourth-order valence-corrected chi connectivity index (χ4v) is 10.1. The number of carboxylic acid groups (broad SMARTS) is 1. The Morgan fingerprint density at radius 1 is 0.626 bits per heavy atom. The van der Waals surface area contributed by atoms with Crippen LogP contribution in [0, 0.1) is 16.3 Å². The normalized spacial score (nSPS) is 13.4. The third-order valence-corrected chi connectivity index (χ3v) is 17.0. The van der Waals surface area contributed by atoms with Gasteiger partial charge in [-0.15, -0.1) is 0 Å². The number of hydroxylamine groups is 1. The Balaban J connectivity index is 0.00000160. The lowest BCUT2D eigenvalue weighted by atomic mass is 10.1. The molecule has 10 N–H and O–H groups in total. The second-order valence-corrected chi connectivity index (χ2v) is 25.9. The minimum absolute atomic E-state index is 0.00508. The largest absolute Gasteiger partial charge is 0.508 e. The Kier molecular flexibility index (Phi) is 58.5. The van der Waals surface area contributed by atoms with Crippen LogP contribution in [0.2, 0.25) is 0 Å². The summed E-state index contributed by atoms with van der Waals surface area (Å²) in [7, 11) is 10.2. The van der Waals surface area contributed by atoms with E-state index < -0.39 is 91.1 Å². The predicted molar refractivity (Wildman–Crippen MR) is 395 cm³/mol. The number of methoxy groups -OCH3 is 4. The van der Waals surface area contributed by atoms with Crippen LogP contribution in [0.4, 0.5) is 20.7 Å². The van der Waals surface area contributed by atoms with Gasteiger partial charge < -0.3 is 108 Å². The topological polar surface area (TPSA) is 470 Å². The quantitative estimate of drug-likeness (QED) is 0.00684. The van der Waals surface area contributed by atoms with Crippen LogP contribution in [-0.2, 0) is 102 Å². The van der Waals surface area contributed by atoms with Crippen molar-refractivity contribution in [3.63, 3.8) is 0 Å². The van der Waals surface area contributed by atoms with Crippen molar-refractivity contribution in [1.82, 2.24) is 25.7 Å². The Morgan fingerprint density at radius 2 is 1.15 bits per heavy atom. The molecule has 0 aliphatic heterocycles. The molecule has 0 saturated carbocycles. The van der Waals surface area contributed by atoms with Crippen LogP contribution in [0.3, 0.4) is 0 Å². The number of ether oxygens (including phenoxy) is 13. The first-order valence-corrected chi connectivity index (χ1v) is 37.5. The molecule has 0 aliphatic rings. The third kappa shape index (κ3) is 47.2. The average Bonchev–Trinajstić information content (AvgIpc) is 0.794. The predicted octanol–water partition coefficient (Wildman–Crippen LogP) is 4.89. The maximum absolute atomic E-state index is 14.5. The first-order valence-electron chi connectivity index (χ1n) is 34.1. The first kappa shape index (κ1) is 100. The van der Waals surface area contributed by atoms with Crippen molar-refractivity contribution in [3.8, 4) is 0 Å². The lowest BCUT2D eigenvalue weighted by Gasteiger charge is -2.21. The number of hydrogen-bond donors (Lipinski definition) is 10. The van der Waals surface area contributed by atoms with Gasteiger partial charge in [-0.2, -0.15) is 0 Å². The monoisotopic (exact) mass is 1680 g/mol. The molecule has 610 valence electrons. The molecule has 0 aliphatic carbocycles. The molecule has 2 aromatic heterocycles. The van der Waals surface area contributed by atoms with Gasteiger partial charge in [-0.25, -0.2) is 24.4 Å². The van der Waals surface area contributed by atoms with Crippen LogP contribution >= 0.6 is 44.2 Å². The SMILES string of the molecule is CCC(CO)OC(CO)OC.CCC(CO)OC(COC(=O)CCCC(=O)N[C@@H](C)C(=O)OCCONC(=O)c1cc(C)c(=O)n(C)c1Nc1ccc(I)cc1F)OC.CCC(CO)OC(COC(=O)CCCC(=O)O)OC.CCC(CO)OC(COC(=O)OCCC(=O)NCCSSc1ccccn1)OC. The highest BCUT2D eigenvalue weighted by Crippen LogP contribution is 2.28. The number of hydrogen-bond acceptors (Lipinski definition) is 32. The number of aliphatic hydroxyl groups is 5. The number of aromatic nitrogens is 2. The Morgan fingerprint density at radius 3 is 1.63 bits per heavy atom. The van der Waals surface area contributed by atoms with E-state index in [4.69, 9.17) is 91.9 Å². The van der Waals surface area contributed by atoms with E-state index in [-0.39, 0.29) is 164 Å². The highest BCUT2D eigenvalue weighted by molar-refractivity contribution is 14.1. The van der Waals surface area contributed by atoms with Gasteiger partial charge in [0.15, 0.2) is 25.2 Å². The Labute approximate surface area is 643 Å². The number of carbonyl (C=O) groups is 8. The van der Waals surface area contributed by atoms with Crippen molar-refractivity contribution in [3.05, 3.63) is 79.5 Å². The summed E-state index contributed by atoms with van der Waals surface area (Å²) >= 11 is 1.96. The molecule has 3 rings (SSSR count). The molecule has 107 heavy (non-hydrogen) atoms. The summed E-state index contributed by atoms with van der Waals surface area (Å²) in [5.41, 5.74) is 2.15. The number of carbonyl (C=O) groups excluding carboxylic acids is 7. The second-order valence-electron chi connectivity index (χ2n) is 22.2. The summed E-state index contributed by atoms with van der Waals surface area (Å²) in [5, 5.41) is 62.0. The molecule has 35 nitrogen and oxygen atoms in total. The number of nitrogens with zero attached hydrogens (tertiary/aromatic N) is 2. The minimum atomic E-state index is -0.999. The molecule has 8 unspecified atom stereocenters. The van der Waals surface area contributed by atoms with Crippen molar-refractivity contribution in [2.75, 3.05) is 119 Å². The number of aliphatic hydroxyl groups excluding tert-OH is 5. The van der Waals surface area contributed by atoms with Gasteiger partial charge in [-0.05, 0) is 122 Å². The Bertz CT molecular complexity index is 3020. The van der Waals surface area contributed by atoms with Gasteiger partial charge in [0.2, 0.25) is 11.8 Å². The molecular formula is C68H108FIN6O29S2. The first-order chi connectivity index (χ1) is 51.2. The molecule has 9 atom stereocenters. The van der Waals surface area contributed by atoms with E-state index in [2.05, 4.69) is 26.4 Å². The molecule has 3 aromatic rings. The average molecular weight is 1680 g/mol. The lowest BCUT2D eigenvalue weighted by Crippen LogP contribution is -2.40. The molecule has 0 bridgehead atoms. The van der Waals surface area contributed by atoms with E-state index in [0.29, 0.717) is 35.8 Å². The van der Waals surface area contributed by atoms with E-state index in [1.807, 2.05) is 68.5 Å². The van der Waals surface area contributed by atoms with Gasteiger partial charge in [-0.3, -0.25) is 43.0 Å². The molecule has 0 radical (unpaired) electrons. The van der Waals surface area contributed by atoms with E-state index >= 15 is 0 Å².